The van der Waals surface area contributed by atoms with Crippen molar-refractivity contribution in [1.82, 2.24) is 4.90 Å². The number of benzene rings is 2. The molecule has 194 valence electrons. The monoisotopic (exact) mass is 514 g/mol. The van der Waals surface area contributed by atoms with Gasteiger partial charge in [-0.2, -0.15) is 13.2 Å². The molecular formula is C26H26BF3N2O5. The zero-order valence-corrected chi connectivity index (χ0v) is 20.8. The van der Waals surface area contributed by atoms with Gasteiger partial charge < -0.3 is 14.6 Å². The Morgan fingerprint density at radius 3 is 1.89 bits per heavy atom. The van der Waals surface area contributed by atoms with Crippen molar-refractivity contribution in [3.63, 3.8) is 0 Å². The molecule has 3 aliphatic rings. The van der Waals surface area contributed by atoms with Gasteiger partial charge in [-0.25, -0.2) is 0 Å². The van der Waals surface area contributed by atoms with Gasteiger partial charge in [0.15, 0.2) is 0 Å². The first-order valence-electron chi connectivity index (χ1n) is 12.0. The summed E-state index contributed by atoms with van der Waals surface area (Å²) in [5.41, 5.74) is -3.47. The number of anilines is 1. The molecule has 1 N–H and O–H groups in total. The van der Waals surface area contributed by atoms with Crippen LogP contribution in [0.25, 0.3) is 0 Å². The van der Waals surface area contributed by atoms with Crippen LogP contribution in [-0.2, 0) is 20.3 Å². The molecule has 3 amide bonds. The maximum Gasteiger partial charge on any atom is 0.464 e. The Hall–Kier alpha value is -3.18. The number of amides is 3. The number of hydrogen-bond donors (Lipinski definition) is 1. The molecule has 1 saturated carbocycles. The summed E-state index contributed by atoms with van der Waals surface area (Å²) in [6.07, 6.45) is -3.94. The van der Waals surface area contributed by atoms with Crippen LogP contribution < -0.4 is 5.32 Å². The van der Waals surface area contributed by atoms with E-state index >= 15 is 0 Å². The summed E-state index contributed by atoms with van der Waals surface area (Å²) in [5, 5.41) is 2.64. The van der Waals surface area contributed by atoms with Gasteiger partial charge in [0.1, 0.15) is 5.54 Å². The van der Waals surface area contributed by atoms with Crippen molar-refractivity contribution in [1.29, 1.82) is 0 Å². The van der Waals surface area contributed by atoms with Crippen LogP contribution in [0.1, 0.15) is 66.8 Å². The van der Waals surface area contributed by atoms with Crippen LogP contribution in [-0.4, -0.2) is 46.5 Å². The molecule has 7 nitrogen and oxygen atoms in total. The smallest absolute Gasteiger partial charge is 0.403 e. The van der Waals surface area contributed by atoms with E-state index in [1.807, 2.05) is 27.7 Å². The van der Waals surface area contributed by atoms with E-state index in [0.29, 0.717) is 6.42 Å². The van der Waals surface area contributed by atoms with E-state index in [1.165, 1.54) is 12.1 Å². The Bertz CT molecular complexity index is 1240. The van der Waals surface area contributed by atoms with Crippen molar-refractivity contribution >= 4 is 30.5 Å². The van der Waals surface area contributed by atoms with Gasteiger partial charge in [0.25, 0.3) is 17.7 Å². The maximum absolute atomic E-state index is 13.9. The van der Waals surface area contributed by atoms with Gasteiger partial charge in [-0.15, -0.1) is 0 Å². The zero-order valence-electron chi connectivity index (χ0n) is 20.8. The van der Waals surface area contributed by atoms with Gasteiger partial charge in [0.2, 0.25) is 0 Å². The predicted octanol–water partition coefficient (Wildman–Crippen LogP) is 4.94. The molecule has 37 heavy (non-hydrogen) atoms. The van der Waals surface area contributed by atoms with E-state index in [9.17, 15) is 27.6 Å². The lowest BCUT2D eigenvalue weighted by Gasteiger charge is -2.52. The van der Waals surface area contributed by atoms with Gasteiger partial charge in [-0.3, -0.25) is 19.3 Å². The number of nitrogens with zero attached hydrogens (tertiary/aromatic N) is 1. The third-order valence-corrected chi connectivity index (χ3v) is 8.11. The van der Waals surface area contributed by atoms with E-state index in [4.69, 9.17) is 9.31 Å². The standard InChI is InChI=1S/C26H26BF3N2O5/c1-23(2)24(3,4)37-27(36-23)19-13-14-25(19,32-20(33)17-7-5-6-8-18(17)21(32)34)22(35)31-16-11-9-15(10-12-16)26(28,29)30/h5-12,19H,13-14H2,1-4H3,(H,31,35)/t19-,25-/m0/s1. The van der Waals surface area contributed by atoms with Crippen molar-refractivity contribution in [2.24, 2.45) is 0 Å². The van der Waals surface area contributed by atoms with E-state index in [0.717, 1.165) is 29.2 Å². The van der Waals surface area contributed by atoms with E-state index in [-0.39, 0.29) is 23.2 Å². The van der Waals surface area contributed by atoms with E-state index in [1.54, 1.807) is 12.1 Å². The molecule has 0 radical (unpaired) electrons. The van der Waals surface area contributed by atoms with Gasteiger partial charge in [-0.05, 0) is 76.9 Å². The van der Waals surface area contributed by atoms with Gasteiger partial charge >= 0.3 is 13.3 Å². The first-order valence-corrected chi connectivity index (χ1v) is 12.0. The SMILES string of the molecule is CC1(C)OB([C@H]2CC[C@]2(C(=O)Nc2ccc(C(F)(F)F)cc2)N2C(=O)c3ccccc3C2=O)OC1(C)C. The van der Waals surface area contributed by atoms with Crippen LogP contribution in [0, 0.1) is 0 Å². The van der Waals surface area contributed by atoms with Gasteiger partial charge in [0.05, 0.1) is 27.9 Å². The minimum atomic E-state index is -4.53. The number of rotatable bonds is 4. The molecule has 1 saturated heterocycles. The molecule has 2 aromatic carbocycles. The van der Waals surface area contributed by atoms with Crippen molar-refractivity contribution in [3.8, 4) is 0 Å². The Morgan fingerprint density at radius 2 is 1.46 bits per heavy atom. The van der Waals surface area contributed by atoms with Crippen molar-refractivity contribution in [3.05, 3.63) is 65.2 Å². The number of carbonyl (C=O) groups excluding carboxylic acids is 3. The molecule has 2 aromatic rings. The average molecular weight is 514 g/mol. The highest BCUT2D eigenvalue weighted by Crippen LogP contribution is 2.56. The predicted molar refractivity (Wildman–Crippen MR) is 129 cm³/mol. The Morgan fingerprint density at radius 1 is 0.946 bits per heavy atom. The highest BCUT2D eigenvalue weighted by Gasteiger charge is 2.69. The number of fused-ring (bicyclic) bond motifs is 1. The minimum Gasteiger partial charge on any atom is -0.403 e. The fourth-order valence-corrected chi connectivity index (χ4v) is 5.19. The molecule has 2 aliphatic heterocycles. The summed E-state index contributed by atoms with van der Waals surface area (Å²) >= 11 is 0. The van der Waals surface area contributed by atoms with Crippen LogP contribution in [0.5, 0.6) is 0 Å². The highest BCUT2D eigenvalue weighted by molar-refractivity contribution is 6.50. The Balaban J connectivity index is 1.53. The molecule has 2 atom stereocenters. The average Bonchev–Trinajstić information content (AvgIpc) is 3.16. The molecule has 0 aromatic heterocycles. The summed E-state index contributed by atoms with van der Waals surface area (Å²) in [6.45, 7) is 7.44. The summed E-state index contributed by atoms with van der Waals surface area (Å²) in [5.74, 6) is -2.59. The maximum atomic E-state index is 13.9. The summed E-state index contributed by atoms with van der Waals surface area (Å²) in [6, 6.07) is 10.3. The van der Waals surface area contributed by atoms with Crippen LogP contribution >= 0.6 is 0 Å². The molecule has 2 fully saturated rings. The van der Waals surface area contributed by atoms with E-state index < -0.39 is 59.1 Å². The number of imide groups is 1. The highest BCUT2D eigenvalue weighted by atomic mass is 19.4. The quantitative estimate of drug-likeness (QED) is 0.462. The number of carbonyl (C=O) groups is 3. The normalized spacial score (nSPS) is 26.2. The number of halogens is 3. The summed E-state index contributed by atoms with van der Waals surface area (Å²) < 4.78 is 51.4. The molecule has 5 rings (SSSR count). The lowest BCUT2D eigenvalue weighted by molar-refractivity contribution is -0.137. The summed E-state index contributed by atoms with van der Waals surface area (Å²) in [4.78, 5) is 41.9. The number of hydrogen-bond acceptors (Lipinski definition) is 5. The van der Waals surface area contributed by atoms with Gasteiger partial charge in [0, 0.05) is 11.5 Å². The minimum absolute atomic E-state index is 0.105. The second-order valence-electron chi connectivity index (χ2n) is 10.7. The van der Waals surface area contributed by atoms with E-state index in [2.05, 4.69) is 5.32 Å². The largest absolute Gasteiger partial charge is 0.464 e. The fourth-order valence-electron chi connectivity index (χ4n) is 5.19. The Labute approximate surface area is 212 Å². The van der Waals surface area contributed by atoms with Crippen LogP contribution in [0.4, 0.5) is 18.9 Å². The Kier molecular flexibility index (Phi) is 5.62. The van der Waals surface area contributed by atoms with Gasteiger partial charge in [-0.1, -0.05) is 12.1 Å². The third-order valence-electron chi connectivity index (χ3n) is 8.11. The molecular weight excluding hydrogens is 488 g/mol. The van der Waals surface area contributed by atoms with Crippen molar-refractivity contribution in [2.45, 2.75) is 69.3 Å². The lowest BCUT2D eigenvalue weighted by Crippen LogP contribution is -2.69. The van der Waals surface area contributed by atoms with Crippen LogP contribution in [0.2, 0.25) is 5.82 Å². The molecule has 2 heterocycles. The van der Waals surface area contributed by atoms with Crippen molar-refractivity contribution in [2.75, 3.05) is 5.32 Å². The first kappa shape index (κ1) is 25.5. The second kappa shape index (κ2) is 8.16. The molecule has 0 spiro atoms. The number of alkyl halides is 3. The molecule has 0 unspecified atom stereocenters. The van der Waals surface area contributed by atoms with Crippen molar-refractivity contribution < 1.29 is 36.9 Å². The lowest BCUT2D eigenvalue weighted by atomic mass is 9.49. The second-order valence-corrected chi connectivity index (χ2v) is 10.7. The van der Waals surface area contributed by atoms with Crippen LogP contribution in [0.3, 0.4) is 0 Å². The summed E-state index contributed by atoms with van der Waals surface area (Å²) in [7, 11) is -0.888. The van der Waals surface area contributed by atoms with Crippen LogP contribution in [0.15, 0.2) is 48.5 Å². The first-order chi connectivity index (χ1) is 17.2. The zero-order chi connectivity index (χ0) is 27.0. The topological polar surface area (TPSA) is 84.9 Å². The third kappa shape index (κ3) is 3.78. The molecule has 0 bridgehead atoms. The fraction of sp³-hybridized carbons (Fsp3) is 0.423. The molecule has 11 heteroatoms. The number of nitrogens with one attached hydrogen (secondary N) is 1. The molecule has 1 aliphatic carbocycles.